The lowest BCUT2D eigenvalue weighted by molar-refractivity contribution is 0.105. The Morgan fingerprint density at radius 3 is 2.14 bits per heavy atom. The molecule has 8 heteroatoms. The maximum atomic E-state index is 14.6. The van der Waals surface area contributed by atoms with E-state index in [1.807, 2.05) is 6.92 Å². The van der Waals surface area contributed by atoms with Crippen LogP contribution in [0.4, 0.5) is 8.78 Å². The fourth-order valence-corrected chi connectivity index (χ4v) is 3.20. The third-order valence-electron chi connectivity index (χ3n) is 4.31. The van der Waals surface area contributed by atoms with Crippen LogP contribution < -0.4 is 10.6 Å². The van der Waals surface area contributed by atoms with Gasteiger partial charge in [0.15, 0.2) is 17.4 Å². The Hall–Kier alpha value is -3.42. The molecule has 2 N–H and O–H groups in total. The number of Topliss-reactive ketones (excluding diaryl/α,β-unsaturated/α-hetero) is 1. The SMILES string of the molecule is Cc1ccc(C(=O)C(=C2NCCN2)c2c(Cl)c(F)c(C#N)c(F)c2C#N)cc1. The molecule has 0 amide bonds. The molecule has 0 radical (unpaired) electrons. The Labute approximate surface area is 164 Å². The molecule has 1 fully saturated rings. The molecule has 5 nitrogen and oxygen atoms in total. The summed E-state index contributed by atoms with van der Waals surface area (Å²) in [5.41, 5.74) is -1.00. The molecule has 0 atom stereocenters. The predicted molar refractivity (Wildman–Crippen MR) is 99.2 cm³/mol. The maximum Gasteiger partial charge on any atom is 0.197 e. The second-order valence-corrected chi connectivity index (χ2v) is 6.47. The van der Waals surface area contributed by atoms with E-state index in [1.54, 1.807) is 30.3 Å². The van der Waals surface area contributed by atoms with Gasteiger partial charge < -0.3 is 10.6 Å². The summed E-state index contributed by atoms with van der Waals surface area (Å²) in [6, 6.07) is 9.56. The minimum absolute atomic E-state index is 0.162. The zero-order valence-electron chi connectivity index (χ0n) is 14.7. The van der Waals surface area contributed by atoms with Gasteiger partial charge in [0, 0.05) is 24.2 Å². The first-order valence-electron chi connectivity index (χ1n) is 8.25. The second-order valence-electron chi connectivity index (χ2n) is 6.09. The minimum Gasteiger partial charge on any atom is -0.370 e. The van der Waals surface area contributed by atoms with Gasteiger partial charge in [-0.05, 0) is 6.92 Å². The van der Waals surface area contributed by atoms with E-state index in [0.29, 0.717) is 13.1 Å². The molecule has 0 unspecified atom stereocenters. The zero-order chi connectivity index (χ0) is 20.4. The molecule has 28 heavy (non-hydrogen) atoms. The van der Waals surface area contributed by atoms with Gasteiger partial charge in [0.1, 0.15) is 23.5 Å². The number of hydrogen-bond donors (Lipinski definition) is 2. The van der Waals surface area contributed by atoms with Crippen molar-refractivity contribution in [2.75, 3.05) is 13.1 Å². The number of benzene rings is 2. The number of aryl methyl sites for hydroxylation is 1. The number of hydrogen-bond acceptors (Lipinski definition) is 5. The van der Waals surface area contributed by atoms with Crippen molar-refractivity contribution in [1.29, 1.82) is 10.5 Å². The molecule has 0 aromatic heterocycles. The molecule has 140 valence electrons. The van der Waals surface area contributed by atoms with Crippen LogP contribution in [-0.2, 0) is 0 Å². The van der Waals surface area contributed by atoms with Crippen LogP contribution in [0.15, 0.2) is 30.1 Å². The van der Waals surface area contributed by atoms with E-state index in [-0.39, 0.29) is 22.5 Å². The molecule has 1 aliphatic rings. The first-order chi connectivity index (χ1) is 13.4. The van der Waals surface area contributed by atoms with Gasteiger partial charge in [-0.1, -0.05) is 41.4 Å². The van der Waals surface area contributed by atoms with Gasteiger partial charge >= 0.3 is 0 Å². The number of nitrogens with zero attached hydrogens (tertiary/aromatic N) is 2. The standard InChI is InChI=1S/C20H13ClF2N4O/c1-10-2-4-11(5-3-10)19(28)15(20-26-6-7-27-20)14-12(8-24)17(22)13(9-25)18(23)16(14)21/h2-5,26-27H,6-7H2,1H3. The van der Waals surface area contributed by atoms with Crippen molar-refractivity contribution >= 4 is 23.0 Å². The summed E-state index contributed by atoms with van der Waals surface area (Å²) in [7, 11) is 0. The van der Waals surface area contributed by atoms with Gasteiger partial charge in [-0.25, -0.2) is 8.78 Å². The lowest BCUT2D eigenvalue weighted by atomic mass is 9.91. The van der Waals surface area contributed by atoms with Crippen molar-refractivity contribution in [3.05, 3.63) is 74.6 Å². The molecule has 0 bridgehead atoms. The highest BCUT2D eigenvalue weighted by molar-refractivity contribution is 6.38. The average Bonchev–Trinajstić information content (AvgIpc) is 3.21. The number of carbonyl (C=O) groups excluding carboxylic acids is 1. The molecule has 1 saturated heterocycles. The van der Waals surface area contributed by atoms with Crippen LogP contribution in [-0.4, -0.2) is 18.9 Å². The maximum absolute atomic E-state index is 14.6. The van der Waals surface area contributed by atoms with E-state index >= 15 is 0 Å². The van der Waals surface area contributed by atoms with Crippen LogP contribution in [0.1, 0.15) is 32.6 Å². The number of allylic oxidation sites excluding steroid dienone is 1. The van der Waals surface area contributed by atoms with Gasteiger partial charge in [-0.2, -0.15) is 10.5 Å². The zero-order valence-corrected chi connectivity index (χ0v) is 15.4. The van der Waals surface area contributed by atoms with E-state index < -0.39 is 33.6 Å². The fourth-order valence-electron chi connectivity index (χ4n) is 2.91. The summed E-state index contributed by atoms with van der Waals surface area (Å²) in [6.07, 6.45) is 0. The van der Waals surface area contributed by atoms with Crippen LogP contribution >= 0.6 is 11.6 Å². The van der Waals surface area contributed by atoms with Crippen LogP contribution in [0.25, 0.3) is 5.57 Å². The van der Waals surface area contributed by atoms with E-state index in [1.165, 1.54) is 6.07 Å². The normalized spacial score (nSPS) is 12.6. The van der Waals surface area contributed by atoms with Crippen LogP contribution in [0.2, 0.25) is 5.02 Å². The smallest absolute Gasteiger partial charge is 0.197 e. The van der Waals surface area contributed by atoms with Crippen LogP contribution in [0.3, 0.4) is 0 Å². The Kier molecular flexibility index (Phi) is 5.30. The summed E-state index contributed by atoms with van der Waals surface area (Å²) in [5.74, 6) is -3.02. The summed E-state index contributed by atoms with van der Waals surface area (Å²) in [5, 5.41) is 23.7. The van der Waals surface area contributed by atoms with E-state index in [0.717, 1.165) is 5.56 Å². The van der Waals surface area contributed by atoms with Crippen molar-refractivity contribution in [3.8, 4) is 12.1 Å². The summed E-state index contributed by atoms with van der Waals surface area (Å²) >= 11 is 6.08. The van der Waals surface area contributed by atoms with Crippen LogP contribution in [0.5, 0.6) is 0 Å². The lowest BCUT2D eigenvalue weighted by Crippen LogP contribution is -2.20. The first kappa shape index (κ1) is 19.3. The monoisotopic (exact) mass is 398 g/mol. The highest BCUT2D eigenvalue weighted by Gasteiger charge is 2.32. The number of halogens is 3. The summed E-state index contributed by atoms with van der Waals surface area (Å²) in [6.45, 7) is 2.80. The second kappa shape index (κ2) is 7.67. The summed E-state index contributed by atoms with van der Waals surface area (Å²) < 4.78 is 29.1. The Morgan fingerprint density at radius 2 is 1.61 bits per heavy atom. The molecular formula is C20H13ClF2N4O. The number of ketones is 1. The van der Waals surface area contributed by atoms with Gasteiger partial charge in [-0.15, -0.1) is 0 Å². The number of rotatable bonds is 3. The lowest BCUT2D eigenvalue weighted by Gasteiger charge is -2.16. The molecule has 0 spiro atoms. The van der Waals surface area contributed by atoms with Gasteiger partial charge in [0.2, 0.25) is 0 Å². The van der Waals surface area contributed by atoms with Crippen molar-refractivity contribution in [3.63, 3.8) is 0 Å². The summed E-state index contributed by atoms with van der Waals surface area (Å²) in [4.78, 5) is 13.2. The number of nitriles is 2. The third-order valence-corrected chi connectivity index (χ3v) is 4.67. The van der Waals surface area contributed by atoms with E-state index in [2.05, 4.69) is 10.6 Å². The Balaban J connectivity index is 2.35. The minimum atomic E-state index is -1.35. The van der Waals surface area contributed by atoms with Crippen molar-refractivity contribution in [2.45, 2.75) is 6.92 Å². The Morgan fingerprint density at radius 1 is 1.04 bits per heavy atom. The average molecular weight is 399 g/mol. The third kappa shape index (κ3) is 3.17. The van der Waals surface area contributed by atoms with E-state index in [4.69, 9.17) is 16.9 Å². The van der Waals surface area contributed by atoms with Crippen molar-refractivity contribution in [1.82, 2.24) is 10.6 Å². The van der Waals surface area contributed by atoms with Crippen LogP contribution in [0, 0.1) is 41.2 Å². The van der Waals surface area contributed by atoms with E-state index in [9.17, 15) is 18.8 Å². The van der Waals surface area contributed by atoms with Gasteiger partial charge in [0.25, 0.3) is 0 Å². The molecule has 0 aliphatic carbocycles. The first-order valence-corrected chi connectivity index (χ1v) is 8.62. The molecule has 0 saturated carbocycles. The molecule has 3 rings (SSSR count). The molecular weight excluding hydrogens is 386 g/mol. The highest BCUT2D eigenvalue weighted by atomic mass is 35.5. The molecule has 1 aliphatic heterocycles. The van der Waals surface area contributed by atoms with Gasteiger partial charge in [0.05, 0.1) is 16.2 Å². The van der Waals surface area contributed by atoms with Crippen molar-refractivity contribution < 1.29 is 13.6 Å². The molecule has 2 aromatic carbocycles. The van der Waals surface area contributed by atoms with Gasteiger partial charge in [-0.3, -0.25) is 4.79 Å². The Bertz CT molecular complexity index is 1090. The largest absolute Gasteiger partial charge is 0.370 e. The highest BCUT2D eigenvalue weighted by Crippen LogP contribution is 2.36. The topological polar surface area (TPSA) is 88.7 Å². The number of carbonyl (C=O) groups is 1. The quantitative estimate of drug-likeness (QED) is 0.470. The predicted octanol–water partition coefficient (Wildman–Crippen LogP) is 3.41. The molecule has 1 heterocycles. The molecule has 2 aromatic rings. The number of nitrogens with one attached hydrogen (secondary N) is 2. The van der Waals surface area contributed by atoms with Crippen molar-refractivity contribution in [2.24, 2.45) is 0 Å². The fraction of sp³-hybridized carbons (Fsp3) is 0.150.